The normalized spacial score (nSPS) is 14.4. The lowest BCUT2D eigenvalue weighted by Gasteiger charge is -2.31. The van der Waals surface area contributed by atoms with E-state index in [2.05, 4.69) is 10.3 Å². The molecule has 1 fully saturated rings. The summed E-state index contributed by atoms with van der Waals surface area (Å²) in [6.07, 6.45) is 1.77. The maximum absolute atomic E-state index is 13.0. The maximum Gasteiger partial charge on any atom is 0.255 e. The minimum Gasteiger partial charge on any atom is -0.342 e. The summed E-state index contributed by atoms with van der Waals surface area (Å²) in [5, 5.41) is 2.86. The van der Waals surface area contributed by atoms with Crippen molar-refractivity contribution in [2.24, 2.45) is 0 Å². The van der Waals surface area contributed by atoms with Crippen LogP contribution in [0.1, 0.15) is 45.3 Å². The number of aromatic amines is 1. The zero-order chi connectivity index (χ0) is 21.9. The molecule has 6 heteroatoms. The number of likely N-dealkylation sites (tertiary alicyclic amines) is 1. The Morgan fingerprint density at radius 1 is 0.844 bits per heavy atom. The second kappa shape index (κ2) is 8.67. The molecule has 4 aromatic rings. The Morgan fingerprint density at radius 2 is 1.53 bits per heavy atom. The number of carbonyl (C=O) groups is 2. The summed E-state index contributed by atoms with van der Waals surface area (Å²) in [6, 6.07) is 24.2. The summed E-state index contributed by atoms with van der Waals surface area (Å²) in [6.45, 7) is 1.40. The van der Waals surface area contributed by atoms with Gasteiger partial charge in [0.15, 0.2) is 0 Å². The zero-order valence-corrected chi connectivity index (χ0v) is 17.6. The zero-order valence-electron chi connectivity index (χ0n) is 17.6. The molecule has 2 heterocycles. The highest BCUT2D eigenvalue weighted by Gasteiger charge is 2.26. The van der Waals surface area contributed by atoms with E-state index in [-0.39, 0.29) is 11.8 Å². The molecule has 160 valence electrons. The molecule has 0 spiro atoms. The minimum atomic E-state index is -0.169. The smallest absolute Gasteiger partial charge is 0.255 e. The summed E-state index contributed by atoms with van der Waals surface area (Å²) in [5.41, 5.74) is 3.93. The van der Waals surface area contributed by atoms with Crippen molar-refractivity contribution in [1.82, 2.24) is 14.9 Å². The van der Waals surface area contributed by atoms with Gasteiger partial charge in [0.05, 0.1) is 11.0 Å². The van der Waals surface area contributed by atoms with Crippen LogP contribution in [0.3, 0.4) is 0 Å². The summed E-state index contributed by atoms with van der Waals surface area (Å²) in [4.78, 5) is 35.3. The van der Waals surface area contributed by atoms with E-state index in [1.165, 1.54) is 0 Å². The van der Waals surface area contributed by atoms with Crippen molar-refractivity contribution in [1.29, 1.82) is 0 Å². The Bertz CT molecular complexity index is 1210. The van der Waals surface area contributed by atoms with E-state index in [0.29, 0.717) is 35.8 Å². The van der Waals surface area contributed by atoms with Crippen LogP contribution in [0.15, 0.2) is 78.9 Å². The number of hydrogen-bond acceptors (Lipinski definition) is 3. The lowest BCUT2D eigenvalue weighted by molar-refractivity contribution is 0.0711. The first-order valence-corrected chi connectivity index (χ1v) is 10.9. The topological polar surface area (TPSA) is 78.1 Å². The van der Waals surface area contributed by atoms with Crippen molar-refractivity contribution < 1.29 is 9.59 Å². The van der Waals surface area contributed by atoms with Gasteiger partial charge in [-0.05, 0) is 61.4 Å². The molecule has 2 N–H and O–H groups in total. The number of piperidine rings is 1. The summed E-state index contributed by atoms with van der Waals surface area (Å²) < 4.78 is 0. The monoisotopic (exact) mass is 424 g/mol. The average molecular weight is 425 g/mol. The lowest BCUT2D eigenvalue weighted by atomic mass is 9.95. The fourth-order valence-electron chi connectivity index (χ4n) is 4.19. The standard InChI is InChI=1S/C26H24N4O2/c31-25(19-6-2-1-3-7-19)27-21-12-10-20(11-13-21)26(32)30-16-14-18(15-17-30)24-28-22-8-4-5-9-23(22)29-24/h1-13,18H,14-17H2,(H,27,31)(H,28,29). The van der Waals surface area contributed by atoms with Gasteiger partial charge < -0.3 is 15.2 Å². The molecule has 0 unspecified atom stereocenters. The highest BCUT2D eigenvalue weighted by atomic mass is 16.2. The third-order valence-electron chi connectivity index (χ3n) is 6.00. The van der Waals surface area contributed by atoms with Crippen LogP contribution >= 0.6 is 0 Å². The van der Waals surface area contributed by atoms with Crippen molar-refractivity contribution >= 4 is 28.5 Å². The lowest BCUT2D eigenvalue weighted by Crippen LogP contribution is -2.38. The van der Waals surface area contributed by atoms with E-state index in [4.69, 9.17) is 4.98 Å². The number of aromatic nitrogens is 2. The first-order chi connectivity index (χ1) is 15.7. The molecule has 1 aromatic heterocycles. The van der Waals surface area contributed by atoms with Crippen molar-refractivity contribution in [3.63, 3.8) is 0 Å². The second-order valence-corrected chi connectivity index (χ2v) is 8.10. The average Bonchev–Trinajstić information content (AvgIpc) is 3.29. The molecule has 0 radical (unpaired) electrons. The van der Waals surface area contributed by atoms with Gasteiger partial charge in [-0.1, -0.05) is 30.3 Å². The molecule has 0 bridgehead atoms. The molecule has 3 aromatic carbocycles. The van der Waals surface area contributed by atoms with Crippen molar-refractivity contribution in [2.75, 3.05) is 18.4 Å². The number of para-hydroxylation sites is 2. The number of benzene rings is 3. The molecule has 1 saturated heterocycles. The van der Waals surface area contributed by atoms with E-state index >= 15 is 0 Å². The molecule has 6 nitrogen and oxygen atoms in total. The first-order valence-electron chi connectivity index (χ1n) is 10.9. The van der Waals surface area contributed by atoms with E-state index in [9.17, 15) is 9.59 Å². The van der Waals surface area contributed by atoms with Crippen molar-refractivity contribution in [3.8, 4) is 0 Å². The van der Waals surface area contributed by atoms with Crippen LogP contribution in [0.4, 0.5) is 5.69 Å². The Balaban J connectivity index is 1.19. The van der Waals surface area contributed by atoms with Crippen LogP contribution in [0.25, 0.3) is 11.0 Å². The van der Waals surface area contributed by atoms with Gasteiger partial charge >= 0.3 is 0 Å². The predicted octanol–water partition coefficient (Wildman–Crippen LogP) is 4.84. The van der Waals surface area contributed by atoms with Crippen LogP contribution in [0, 0.1) is 0 Å². The molecule has 0 saturated carbocycles. The Labute approximate surface area is 186 Å². The van der Waals surface area contributed by atoms with Crippen LogP contribution in [-0.4, -0.2) is 39.8 Å². The number of fused-ring (bicyclic) bond motifs is 1. The van der Waals surface area contributed by atoms with Crippen LogP contribution in [0.2, 0.25) is 0 Å². The summed E-state index contributed by atoms with van der Waals surface area (Å²) in [7, 11) is 0. The largest absolute Gasteiger partial charge is 0.342 e. The molecular formula is C26H24N4O2. The number of carbonyl (C=O) groups excluding carboxylic acids is 2. The van der Waals surface area contributed by atoms with Crippen LogP contribution < -0.4 is 5.32 Å². The third kappa shape index (κ3) is 4.12. The molecule has 2 amide bonds. The number of amides is 2. The summed E-state index contributed by atoms with van der Waals surface area (Å²) in [5.74, 6) is 1.20. The number of rotatable bonds is 4. The van der Waals surface area contributed by atoms with Crippen LogP contribution in [0.5, 0.6) is 0 Å². The molecular weight excluding hydrogens is 400 g/mol. The van der Waals surface area contributed by atoms with Crippen molar-refractivity contribution in [2.45, 2.75) is 18.8 Å². The van der Waals surface area contributed by atoms with Gasteiger partial charge in [-0.2, -0.15) is 0 Å². The van der Waals surface area contributed by atoms with Gasteiger partial charge in [0, 0.05) is 35.8 Å². The number of nitrogens with zero attached hydrogens (tertiary/aromatic N) is 2. The maximum atomic E-state index is 13.0. The molecule has 32 heavy (non-hydrogen) atoms. The summed E-state index contributed by atoms with van der Waals surface area (Å²) >= 11 is 0. The van der Waals surface area contributed by atoms with E-state index < -0.39 is 0 Å². The quantitative estimate of drug-likeness (QED) is 0.492. The van der Waals surface area contributed by atoms with E-state index in [0.717, 1.165) is 29.7 Å². The second-order valence-electron chi connectivity index (χ2n) is 8.10. The van der Waals surface area contributed by atoms with Gasteiger partial charge in [-0.25, -0.2) is 4.98 Å². The molecule has 0 aliphatic carbocycles. The third-order valence-corrected chi connectivity index (χ3v) is 6.00. The van der Waals surface area contributed by atoms with E-state index in [1.807, 2.05) is 47.4 Å². The molecule has 0 atom stereocenters. The fourth-order valence-corrected chi connectivity index (χ4v) is 4.19. The highest BCUT2D eigenvalue weighted by molar-refractivity contribution is 6.04. The van der Waals surface area contributed by atoms with Gasteiger partial charge in [0.2, 0.25) is 0 Å². The number of imidazole rings is 1. The van der Waals surface area contributed by atoms with Gasteiger partial charge in [-0.3, -0.25) is 9.59 Å². The van der Waals surface area contributed by atoms with Gasteiger partial charge in [-0.15, -0.1) is 0 Å². The van der Waals surface area contributed by atoms with Gasteiger partial charge in [0.25, 0.3) is 11.8 Å². The highest BCUT2D eigenvalue weighted by Crippen LogP contribution is 2.28. The SMILES string of the molecule is O=C(Nc1ccc(C(=O)N2CCC(c3nc4ccccc4[nH]3)CC2)cc1)c1ccccc1. The number of anilines is 1. The number of H-pyrrole nitrogens is 1. The molecule has 5 rings (SSSR count). The molecule has 1 aliphatic heterocycles. The van der Waals surface area contributed by atoms with Crippen LogP contribution in [-0.2, 0) is 0 Å². The van der Waals surface area contributed by atoms with Crippen molar-refractivity contribution in [3.05, 3.63) is 95.8 Å². The number of nitrogens with one attached hydrogen (secondary N) is 2. The first kappa shape index (κ1) is 20.0. The molecule has 1 aliphatic rings. The Kier molecular flexibility index (Phi) is 5.42. The van der Waals surface area contributed by atoms with E-state index in [1.54, 1.807) is 36.4 Å². The minimum absolute atomic E-state index is 0.0222. The predicted molar refractivity (Wildman–Crippen MR) is 125 cm³/mol. The number of hydrogen-bond donors (Lipinski definition) is 2. The fraction of sp³-hybridized carbons (Fsp3) is 0.192. The van der Waals surface area contributed by atoms with Gasteiger partial charge in [0.1, 0.15) is 5.82 Å². The Hall–Kier alpha value is -3.93. The Morgan fingerprint density at radius 3 is 2.25 bits per heavy atom.